The number of hydrogen-bond acceptors (Lipinski definition) is 7. The van der Waals surface area contributed by atoms with Gasteiger partial charge in [0.15, 0.2) is 0 Å². The molecule has 1 amide bonds. The highest BCUT2D eigenvalue weighted by Gasteiger charge is 2.55. The van der Waals surface area contributed by atoms with Gasteiger partial charge < -0.3 is 24.6 Å². The van der Waals surface area contributed by atoms with E-state index in [1.807, 2.05) is 9.80 Å². The van der Waals surface area contributed by atoms with Crippen LogP contribution in [-0.4, -0.2) is 84.5 Å². The predicted molar refractivity (Wildman–Crippen MR) is 126 cm³/mol. The van der Waals surface area contributed by atoms with E-state index >= 15 is 0 Å². The molecule has 4 fully saturated rings. The number of amides is 1. The van der Waals surface area contributed by atoms with Crippen LogP contribution in [-0.2, 0) is 20.4 Å². The first-order valence-electron chi connectivity index (χ1n) is 13.0. The summed E-state index contributed by atoms with van der Waals surface area (Å²) in [6.45, 7) is 6.58. The van der Waals surface area contributed by atoms with E-state index in [1.165, 1.54) is 0 Å². The lowest BCUT2D eigenvalue weighted by atomic mass is 9.74. The summed E-state index contributed by atoms with van der Waals surface area (Å²) in [6, 6.07) is 1.44. The van der Waals surface area contributed by atoms with Crippen molar-refractivity contribution in [2.24, 2.45) is 11.3 Å². The molecule has 4 heterocycles. The average Bonchev–Trinajstić information content (AvgIpc) is 3.58. The fourth-order valence-corrected chi connectivity index (χ4v) is 6.76. The van der Waals surface area contributed by atoms with Crippen molar-refractivity contribution in [2.75, 3.05) is 38.3 Å². The van der Waals surface area contributed by atoms with Crippen LogP contribution in [0.4, 0.5) is 19.0 Å². The molecule has 8 nitrogen and oxygen atoms in total. The van der Waals surface area contributed by atoms with E-state index in [9.17, 15) is 18.0 Å². The van der Waals surface area contributed by atoms with E-state index in [1.54, 1.807) is 7.11 Å². The highest BCUT2D eigenvalue weighted by atomic mass is 19.4. The number of fused-ring (bicyclic) bond motifs is 2. The number of ether oxygens (including phenoxy) is 2. The number of piperazine rings is 1. The van der Waals surface area contributed by atoms with Gasteiger partial charge in [-0.05, 0) is 38.0 Å². The fraction of sp³-hybridized carbons (Fsp3) is 0.800. The molecule has 1 aliphatic carbocycles. The van der Waals surface area contributed by atoms with Gasteiger partial charge in [0.2, 0.25) is 5.91 Å². The van der Waals surface area contributed by atoms with Crippen LogP contribution in [0.5, 0.6) is 0 Å². The number of nitrogens with zero attached hydrogens (tertiary/aromatic N) is 4. The minimum Gasteiger partial charge on any atom is -0.379 e. The molecule has 0 radical (unpaired) electrons. The molecule has 1 aromatic heterocycles. The summed E-state index contributed by atoms with van der Waals surface area (Å²) >= 11 is 0. The molecule has 4 aliphatic rings. The van der Waals surface area contributed by atoms with Gasteiger partial charge in [-0.15, -0.1) is 0 Å². The third kappa shape index (κ3) is 4.58. The Labute approximate surface area is 209 Å². The van der Waals surface area contributed by atoms with Gasteiger partial charge in [0.05, 0.1) is 30.2 Å². The van der Waals surface area contributed by atoms with Gasteiger partial charge in [-0.25, -0.2) is 9.97 Å². The van der Waals surface area contributed by atoms with Crippen LogP contribution in [0.2, 0.25) is 0 Å². The highest BCUT2D eigenvalue weighted by Crippen LogP contribution is 2.48. The maximum atomic E-state index is 14.0. The molecule has 1 saturated carbocycles. The van der Waals surface area contributed by atoms with Crippen molar-refractivity contribution in [3.63, 3.8) is 0 Å². The van der Waals surface area contributed by atoms with Gasteiger partial charge in [0, 0.05) is 45.0 Å². The van der Waals surface area contributed by atoms with Crippen molar-refractivity contribution in [3.8, 4) is 0 Å². The molecular weight excluding hydrogens is 475 g/mol. The van der Waals surface area contributed by atoms with Gasteiger partial charge in [-0.2, -0.15) is 13.2 Å². The fourth-order valence-electron chi connectivity index (χ4n) is 6.76. The first-order chi connectivity index (χ1) is 17.1. The second-order valence-electron chi connectivity index (χ2n) is 11.1. The number of hydrogen-bond donors (Lipinski definition) is 1. The first-order valence-corrected chi connectivity index (χ1v) is 13.0. The standard InChI is InChI=1S/C25H36F3N5O3/c1-15(2)24(6-4-16(10-24)31-19-5-7-36-13-20(19)35-3)23(34)33-12-17-8-18(33)11-32(17)22-9-21(25(26,27)28)29-14-30-22/h9,14-20,31H,4-8,10-13H2,1-3H3/t16-,17+,18+,19-,20+,24+/m1/s1. The van der Waals surface area contributed by atoms with E-state index in [-0.39, 0.29) is 47.9 Å². The molecule has 1 aromatic rings. The summed E-state index contributed by atoms with van der Waals surface area (Å²) in [5, 5.41) is 3.76. The monoisotopic (exact) mass is 511 g/mol. The Morgan fingerprint density at radius 1 is 1.25 bits per heavy atom. The Morgan fingerprint density at radius 3 is 2.72 bits per heavy atom. The lowest BCUT2D eigenvalue weighted by Gasteiger charge is -2.42. The lowest BCUT2D eigenvalue weighted by molar-refractivity contribution is -0.146. The van der Waals surface area contributed by atoms with Crippen molar-refractivity contribution in [2.45, 2.75) is 82.4 Å². The minimum absolute atomic E-state index is 0.0113. The zero-order valence-corrected chi connectivity index (χ0v) is 21.1. The van der Waals surface area contributed by atoms with E-state index in [0.717, 1.165) is 44.5 Å². The largest absolute Gasteiger partial charge is 0.433 e. The third-order valence-corrected chi connectivity index (χ3v) is 8.88. The number of methoxy groups -OCH3 is 1. The molecule has 0 spiro atoms. The number of aromatic nitrogens is 2. The molecule has 3 saturated heterocycles. The highest BCUT2D eigenvalue weighted by molar-refractivity contribution is 5.84. The van der Waals surface area contributed by atoms with Crippen LogP contribution in [0.1, 0.15) is 51.6 Å². The molecule has 1 N–H and O–H groups in total. The summed E-state index contributed by atoms with van der Waals surface area (Å²) in [5.74, 6) is 0.670. The summed E-state index contributed by atoms with van der Waals surface area (Å²) in [7, 11) is 1.71. The first kappa shape index (κ1) is 25.7. The van der Waals surface area contributed by atoms with E-state index in [2.05, 4.69) is 29.1 Å². The van der Waals surface area contributed by atoms with Gasteiger partial charge >= 0.3 is 6.18 Å². The number of rotatable bonds is 6. The molecule has 11 heteroatoms. The van der Waals surface area contributed by atoms with Crippen LogP contribution in [0.3, 0.4) is 0 Å². The Morgan fingerprint density at radius 2 is 2.06 bits per heavy atom. The molecule has 0 aromatic carbocycles. The topological polar surface area (TPSA) is 79.8 Å². The van der Waals surface area contributed by atoms with Gasteiger partial charge in [-0.3, -0.25) is 4.79 Å². The van der Waals surface area contributed by atoms with Crippen LogP contribution in [0.15, 0.2) is 12.4 Å². The smallest absolute Gasteiger partial charge is 0.379 e. The number of likely N-dealkylation sites (tertiary alicyclic amines) is 1. The quantitative estimate of drug-likeness (QED) is 0.629. The molecule has 5 rings (SSSR count). The number of carbonyl (C=O) groups excluding carboxylic acids is 1. The Kier molecular flexibility index (Phi) is 6.93. The zero-order valence-electron chi connectivity index (χ0n) is 21.1. The van der Waals surface area contributed by atoms with Crippen LogP contribution < -0.4 is 10.2 Å². The molecule has 6 atom stereocenters. The SMILES string of the molecule is CO[C@H]1COCC[C@H]1N[C@@H]1CC[C@@](C(=O)N2C[C@@H]3C[C@H]2CN3c2cc(C(F)(F)F)ncn2)(C(C)C)C1. The van der Waals surface area contributed by atoms with Crippen molar-refractivity contribution in [1.29, 1.82) is 0 Å². The normalized spacial score (nSPS) is 34.7. The second-order valence-corrected chi connectivity index (χ2v) is 11.1. The molecule has 3 aliphatic heterocycles. The summed E-state index contributed by atoms with van der Waals surface area (Å²) < 4.78 is 50.6. The number of carbonyl (C=O) groups is 1. The maximum Gasteiger partial charge on any atom is 0.433 e. The molecule has 0 unspecified atom stereocenters. The summed E-state index contributed by atoms with van der Waals surface area (Å²) in [4.78, 5) is 25.4. The Bertz CT molecular complexity index is 963. The Hall–Kier alpha value is -1.98. The molecule has 2 bridgehead atoms. The van der Waals surface area contributed by atoms with Crippen molar-refractivity contribution >= 4 is 11.7 Å². The van der Waals surface area contributed by atoms with E-state index in [4.69, 9.17) is 9.47 Å². The predicted octanol–water partition coefficient (Wildman–Crippen LogP) is 2.87. The number of halogens is 3. The van der Waals surface area contributed by atoms with Crippen molar-refractivity contribution in [3.05, 3.63) is 18.1 Å². The lowest BCUT2D eigenvalue weighted by Crippen LogP contribution is -2.55. The molecule has 200 valence electrons. The third-order valence-electron chi connectivity index (χ3n) is 8.88. The zero-order chi connectivity index (χ0) is 25.7. The van der Waals surface area contributed by atoms with Gasteiger partial charge in [-0.1, -0.05) is 13.8 Å². The summed E-state index contributed by atoms with van der Waals surface area (Å²) in [6.07, 6.45) is 0.682. The van der Waals surface area contributed by atoms with E-state index in [0.29, 0.717) is 26.3 Å². The maximum absolute atomic E-state index is 14.0. The van der Waals surface area contributed by atoms with Crippen molar-refractivity contribution < 1.29 is 27.4 Å². The number of anilines is 1. The van der Waals surface area contributed by atoms with Gasteiger partial charge in [0.1, 0.15) is 17.8 Å². The molecular formula is C25H36F3N5O3. The van der Waals surface area contributed by atoms with E-state index < -0.39 is 17.3 Å². The summed E-state index contributed by atoms with van der Waals surface area (Å²) in [5.41, 5.74) is -1.37. The average molecular weight is 512 g/mol. The van der Waals surface area contributed by atoms with Crippen LogP contribution >= 0.6 is 0 Å². The second kappa shape index (κ2) is 9.72. The van der Waals surface area contributed by atoms with Crippen LogP contribution in [0, 0.1) is 11.3 Å². The number of nitrogens with one attached hydrogen (secondary N) is 1. The Balaban J connectivity index is 1.26. The van der Waals surface area contributed by atoms with Crippen LogP contribution in [0.25, 0.3) is 0 Å². The number of alkyl halides is 3. The van der Waals surface area contributed by atoms with Gasteiger partial charge in [0.25, 0.3) is 0 Å². The minimum atomic E-state index is -4.51. The van der Waals surface area contributed by atoms with Crippen molar-refractivity contribution in [1.82, 2.24) is 20.2 Å². The molecule has 36 heavy (non-hydrogen) atoms.